The molecule has 1 N–H and O–H groups in total. The van der Waals surface area contributed by atoms with E-state index in [1.807, 2.05) is 19.1 Å². The van der Waals surface area contributed by atoms with Crippen molar-refractivity contribution in [2.45, 2.75) is 12.3 Å². The van der Waals surface area contributed by atoms with Crippen molar-refractivity contribution < 1.29 is 14.6 Å². The van der Waals surface area contributed by atoms with Gasteiger partial charge in [0.1, 0.15) is 5.75 Å². The predicted octanol–water partition coefficient (Wildman–Crippen LogP) is 1.92. The first-order valence-electron chi connectivity index (χ1n) is 5.16. The van der Waals surface area contributed by atoms with Crippen LogP contribution in [-0.4, -0.2) is 32.0 Å². The Hall–Kier alpha value is -0.770. The lowest BCUT2D eigenvalue weighted by Crippen LogP contribution is -2.50. The molecule has 0 bridgehead atoms. The molecule has 0 unspecified atom stereocenters. The SMILES string of the molecule is COc1c(C)cc(Cl)cc1C1(CO)COC1. The van der Waals surface area contributed by atoms with Gasteiger partial charge in [-0.05, 0) is 24.6 Å². The van der Waals surface area contributed by atoms with Gasteiger partial charge in [-0.15, -0.1) is 0 Å². The maximum Gasteiger partial charge on any atom is 0.125 e. The first kappa shape index (κ1) is 11.7. The zero-order valence-corrected chi connectivity index (χ0v) is 10.2. The predicted molar refractivity (Wildman–Crippen MR) is 62.3 cm³/mol. The molecule has 1 aliphatic rings. The molecule has 0 aliphatic carbocycles. The van der Waals surface area contributed by atoms with E-state index in [0.717, 1.165) is 16.9 Å². The van der Waals surface area contributed by atoms with Crippen LogP contribution in [-0.2, 0) is 10.2 Å². The Morgan fingerprint density at radius 3 is 2.62 bits per heavy atom. The number of hydrogen-bond donors (Lipinski definition) is 1. The fourth-order valence-corrected chi connectivity index (χ4v) is 2.35. The van der Waals surface area contributed by atoms with Gasteiger partial charge in [-0.1, -0.05) is 11.6 Å². The summed E-state index contributed by atoms with van der Waals surface area (Å²) in [6.07, 6.45) is 0. The van der Waals surface area contributed by atoms with Gasteiger partial charge in [0.25, 0.3) is 0 Å². The van der Waals surface area contributed by atoms with E-state index < -0.39 is 0 Å². The number of halogens is 1. The van der Waals surface area contributed by atoms with E-state index in [2.05, 4.69) is 0 Å². The number of aliphatic hydroxyl groups excluding tert-OH is 1. The van der Waals surface area contributed by atoms with Gasteiger partial charge < -0.3 is 14.6 Å². The number of benzene rings is 1. The second kappa shape index (κ2) is 4.24. The molecule has 0 amide bonds. The van der Waals surface area contributed by atoms with Crippen LogP contribution in [0.5, 0.6) is 5.75 Å². The maximum absolute atomic E-state index is 9.51. The van der Waals surface area contributed by atoms with Crippen molar-refractivity contribution in [2.75, 3.05) is 26.9 Å². The molecular formula is C12H15ClO3. The van der Waals surface area contributed by atoms with Crippen LogP contribution in [0.1, 0.15) is 11.1 Å². The molecule has 2 rings (SSSR count). The van der Waals surface area contributed by atoms with Crippen LogP contribution in [0, 0.1) is 6.92 Å². The molecule has 1 aliphatic heterocycles. The van der Waals surface area contributed by atoms with Crippen LogP contribution < -0.4 is 4.74 Å². The van der Waals surface area contributed by atoms with E-state index in [9.17, 15) is 5.11 Å². The monoisotopic (exact) mass is 242 g/mol. The van der Waals surface area contributed by atoms with Crippen molar-refractivity contribution in [1.29, 1.82) is 0 Å². The molecule has 0 saturated carbocycles. The Morgan fingerprint density at radius 2 is 2.19 bits per heavy atom. The summed E-state index contributed by atoms with van der Waals surface area (Å²) in [7, 11) is 1.63. The lowest BCUT2D eigenvalue weighted by molar-refractivity contribution is -0.0850. The zero-order valence-electron chi connectivity index (χ0n) is 9.42. The minimum absolute atomic E-state index is 0.0448. The molecule has 0 spiro atoms. The highest BCUT2D eigenvalue weighted by atomic mass is 35.5. The van der Waals surface area contributed by atoms with Crippen LogP contribution in [0.25, 0.3) is 0 Å². The van der Waals surface area contributed by atoms with E-state index in [0.29, 0.717) is 18.2 Å². The lowest BCUT2D eigenvalue weighted by atomic mass is 9.78. The normalized spacial score (nSPS) is 18.0. The summed E-state index contributed by atoms with van der Waals surface area (Å²) < 4.78 is 10.6. The van der Waals surface area contributed by atoms with Crippen molar-refractivity contribution in [1.82, 2.24) is 0 Å². The molecule has 1 saturated heterocycles. The van der Waals surface area contributed by atoms with Crippen molar-refractivity contribution in [3.05, 3.63) is 28.3 Å². The number of aliphatic hydroxyl groups is 1. The molecule has 0 atom stereocenters. The highest BCUT2D eigenvalue weighted by Crippen LogP contribution is 2.40. The smallest absolute Gasteiger partial charge is 0.125 e. The van der Waals surface area contributed by atoms with Crippen LogP contribution in [0.3, 0.4) is 0 Å². The Labute approximate surface area is 99.9 Å². The maximum atomic E-state index is 9.51. The average Bonchev–Trinajstić information content (AvgIpc) is 2.16. The van der Waals surface area contributed by atoms with Crippen molar-refractivity contribution >= 4 is 11.6 Å². The fourth-order valence-electron chi connectivity index (χ4n) is 2.08. The third kappa shape index (κ3) is 1.69. The van der Waals surface area contributed by atoms with Crippen LogP contribution in [0.15, 0.2) is 12.1 Å². The first-order chi connectivity index (χ1) is 7.63. The minimum Gasteiger partial charge on any atom is -0.496 e. The highest BCUT2D eigenvalue weighted by molar-refractivity contribution is 6.30. The standard InChI is InChI=1S/C12H15ClO3/c1-8-3-9(13)4-10(11(8)15-2)12(5-14)6-16-7-12/h3-4,14H,5-7H2,1-2H3. The number of methoxy groups -OCH3 is 1. The summed E-state index contributed by atoms with van der Waals surface area (Å²) in [5.41, 5.74) is 1.57. The summed E-state index contributed by atoms with van der Waals surface area (Å²) in [6.45, 7) is 3.02. The van der Waals surface area contributed by atoms with Gasteiger partial charge in [0.15, 0.2) is 0 Å². The Kier molecular flexibility index (Phi) is 3.10. The molecule has 88 valence electrons. The Morgan fingerprint density at radius 1 is 1.50 bits per heavy atom. The quantitative estimate of drug-likeness (QED) is 0.880. The molecular weight excluding hydrogens is 228 g/mol. The van der Waals surface area contributed by atoms with E-state index in [4.69, 9.17) is 21.1 Å². The molecule has 1 heterocycles. The van der Waals surface area contributed by atoms with Gasteiger partial charge >= 0.3 is 0 Å². The van der Waals surface area contributed by atoms with Gasteiger partial charge in [-0.2, -0.15) is 0 Å². The summed E-state index contributed by atoms with van der Waals surface area (Å²) in [4.78, 5) is 0. The number of ether oxygens (including phenoxy) is 2. The van der Waals surface area contributed by atoms with Gasteiger partial charge in [0.2, 0.25) is 0 Å². The van der Waals surface area contributed by atoms with Gasteiger partial charge in [0, 0.05) is 10.6 Å². The van der Waals surface area contributed by atoms with E-state index >= 15 is 0 Å². The van der Waals surface area contributed by atoms with Crippen LogP contribution in [0.4, 0.5) is 0 Å². The Balaban J connectivity index is 2.53. The number of rotatable bonds is 3. The van der Waals surface area contributed by atoms with Gasteiger partial charge in [-0.3, -0.25) is 0 Å². The fraction of sp³-hybridized carbons (Fsp3) is 0.500. The van der Waals surface area contributed by atoms with Gasteiger partial charge in [-0.25, -0.2) is 0 Å². The van der Waals surface area contributed by atoms with Crippen LogP contribution >= 0.6 is 11.6 Å². The van der Waals surface area contributed by atoms with Crippen LogP contribution in [0.2, 0.25) is 5.02 Å². The molecule has 1 aromatic carbocycles. The second-order valence-corrected chi connectivity index (χ2v) is 4.67. The first-order valence-corrected chi connectivity index (χ1v) is 5.54. The largest absolute Gasteiger partial charge is 0.496 e. The zero-order chi connectivity index (χ0) is 11.8. The van der Waals surface area contributed by atoms with Gasteiger partial charge in [0.05, 0.1) is 32.3 Å². The molecule has 1 fully saturated rings. The molecule has 4 heteroatoms. The molecule has 1 aromatic rings. The highest BCUT2D eigenvalue weighted by Gasteiger charge is 2.42. The lowest BCUT2D eigenvalue weighted by Gasteiger charge is -2.41. The summed E-state index contributed by atoms with van der Waals surface area (Å²) in [5, 5.41) is 10.2. The van der Waals surface area contributed by atoms with Crippen molar-refractivity contribution in [3.8, 4) is 5.75 Å². The van der Waals surface area contributed by atoms with E-state index in [1.165, 1.54) is 0 Å². The molecule has 3 nitrogen and oxygen atoms in total. The summed E-state index contributed by atoms with van der Waals surface area (Å²) in [6, 6.07) is 3.71. The summed E-state index contributed by atoms with van der Waals surface area (Å²) in [5.74, 6) is 0.793. The third-order valence-electron chi connectivity index (χ3n) is 3.07. The third-order valence-corrected chi connectivity index (χ3v) is 3.29. The second-order valence-electron chi connectivity index (χ2n) is 4.23. The molecule has 0 aromatic heterocycles. The van der Waals surface area contributed by atoms with Crippen molar-refractivity contribution in [3.63, 3.8) is 0 Å². The molecule has 0 radical (unpaired) electrons. The minimum atomic E-state index is -0.346. The number of aryl methyl sites for hydroxylation is 1. The average molecular weight is 243 g/mol. The van der Waals surface area contributed by atoms with E-state index in [1.54, 1.807) is 7.11 Å². The topological polar surface area (TPSA) is 38.7 Å². The molecule has 16 heavy (non-hydrogen) atoms. The van der Waals surface area contributed by atoms with Crippen molar-refractivity contribution in [2.24, 2.45) is 0 Å². The summed E-state index contributed by atoms with van der Waals surface area (Å²) >= 11 is 6.05. The van der Waals surface area contributed by atoms with E-state index in [-0.39, 0.29) is 12.0 Å². The number of hydrogen-bond acceptors (Lipinski definition) is 3. The Bertz CT molecular complexity index is 394.